The van der Waals surface area contributed by atoms with E-state index in [-0.39, 0.29) is 0 Å². The van der Waals surface area contributed by atoms with Gasteiger partial charge in [-0.3, -0.25) is 0 Å². The predicted octanol–water partition coefficient (Wildman–Crippen LogP) is 2.28. The largest absolute Gasteiger partial charge is 0.399 e. The Labute approximate surface area is 101 Å². The fraction of sp³-hybridized carbons (Fsp3) is 0.417. The summed E-state index contributed by atoms with van der Waals surface area (Å²) in [7, 11) is 0. The van der Waals surface area contributed by atoms with E-state index in [0.717, 1.165) is 29.9 Å². The third kappa shape index (κ3) is 2.43. The Morgan fingerprint density at radius 2 is 2.24 bits per heavy atom. The second-order valence-corrected chi connectivity index (χ2v) is 4.21. The van der Waals surface area contributed by atoms with Gasteiger partial charge in [0.05, 0.1) is 6.04 Å². The van der Waals surface area contributed by atoms with Crippen LogP contribution in [0.5, 0.6) is 0 Å². The van der Waals surface area contributed by atoms with Crippen molar-refractivity contribution in [2.75, 3.05) is 5.73 Å². The summed E-state index contributed by atoms with van der Waals surface area (Å²) in [4.78, 5) is 0. The van der Waals surface area contributed by atoms with Crippen LogP contribution in [0.3, 0.4) is 0 Å². The zero-order chi connectivity index (χ0) is 12.3. The van der Waals surface area contributed by atoms with Crippen LogP contribution in [0, 0.1) is 0 Å². The lowest BCUT2D eigenvalue weighted by Gasteiger charge is -2.12. The lowest BCUT2D eigenvalue weighted by atomic mass is 10.1. The first-order valence-corrected chi connectivity index (χ1v) is 5.86. The van der Waals surface area contributed by atoms with Gasteiger partial charge < -0.3 is 5.73 Å². The second-order valence-electron chi connectivity index (χ2n) is 4.21. The molecule has 90 valence electrons. The molecule has 0 aliphatic rings. The van der Waals surface area contributed by atoms with Crippen LogP contribution < -0.4 is 5.73 Å². The standard InChI is InChI=1S/C12H17N5/c1-3-5-9(2)17-12(14-15-16-17)10-6-4-7-11(13)8-10/h4,6-9H,3,5,13H2,1-2H3. The number of benzene rings is 1. The van der Waals surface area contributed by atoms with Gasteiger partial charge in [-0.2, -0.15) is 0 Å². The summed E-state index contributed by atoms with van der Waals surface area (Å²) < 4.78 is 1.86. The van der Waals surface area contributed by atoms with Crippen molar-refractivity contribution in [2.45, 2.75) is 32.7 Å². The molecule has 2 rings (SSSR count). The summed E-state index contributed by atoms with van der Waals surface area (Å²) in [5, 5.41) is 11.9. The first kappa shape index (κ1) is 11.6. The molecule has 17 heavy (non-hydrogen) atoms. The van der Waals surface area contributed by atoms with Gasteiger partial charge in [0, 0.05) is 11.3 Å². The van der Waals surface area contributed by atoms with Crippen LogP contribution in [0.2, 0.25) is 0 Å². The van der Waals surface area contributed by atoms with Gasteiger partial charge in [-0.25, -0.2) is 4.68 Å². The summed E-state index contributed by atoms with van der Waals surface area (Å²) >= 11 is 0. The Hall–Kier alpha value is -1.91. The molecule has 0 spiro atoms. The molecule has 2 aromatic rings. The maximum atomic E-state index is 5.77. The Balaban J connectivity index is 2.36. The molecular formula is C12H17N5. The Kier molecular flexibility index (Phi) is 3.37. The minimum absolute atomic E-state index is 0.298. The number of anilines is 1. The maximum Gasteiger partial charge on any atom is 0.182 e. The monoisotopic (exact) mass is 231 g/mol. The van der Waals surface area contributed by atoms with Crippen molar-refractivity contribution in [1.29, 1.82) is 0 Å². The first-order valence-electron chi connectivity index (χ1n) is 5.86. The number of hydrogen-bond donors (Lipinski definition) is 1. The molecule has 1 unspecified atom stereocenters. The minimum atomic E-state index is 0.298. The quantitative estimate of drug-likeness (QED) is 0.819. The van der Waals surface area contributed by atoms with E-state index in [0.29, 0.717) is 6.04 Å². The lowest BCUT2D eigenvalue weighted by Crippen LogP contribution is -2.08. The molecule has 5 heteroatoms. The number of rotatable bonds is 4. The highest BCUT2D eigenvalue weighted by Gasteiger charge is 2.13. The number of nitrogens with zero attached hydrogens (tertiary/aromatic N) is 4. The number of tetrazole rings is 1. The zero-order valence-corrected chi connectivity index (χ0v) is 10.2. The van der Waals surface area contributed by atoms with Crippen LogP contribution in [0.25, 0.3) is 11.4 Å². The van der Waals surface area contributed by atoms with Crippen LogP contribution >= 0.6 is 0 Å². The molecule has 1 atom stereocenters. The van der Waals surface area contributed by atoms with Crippen LogP contribution in [-0.2, 0) is 0 Å². The number of aromatic nitrogens is 4. The average Bonchev–Trinajstić information content (AvgIpc) is 2.78. The fourth-order valence-corrected chi connectivity index (χ4v) is 1.90. The Bertz CT molecular complexity index is 491. The van der Waals surface area contributed by atoms with Crippen molar-refractivity contribution >= 4 is 5.69 Å². The molecule has 2 N–H and O–H groups in total. The third-order valence-corrected chi connectivity index (χ3v) is 2.76. The van der Waals surface area contributed by atoms with Crippen molar-refractivity contribution in [2.24, 2.45) is 0 Å². The maximum absolute atomic E-state index is 5.77. The van der Waals surface area contributed by atoms with Gasteiger partial charge in [0.15, 0.2) is 5.82 Å². The minimum Gasteiger partial charge on any atom is -0.399 e. The van der Waals surface area contributed by atoms with E-state index in [4.69, 9.17) is 5.73 Å². The average molecular weight is 231 g/mol. The van der Waals surface area contributed by atoms with Crippen LogP contribution in [0.1, 0.15) is 32.7 Å². The molecule has 0 aliphatic carbocycles. The zero-order valence-electron chi connectivity index (χ0n) is 10.2. The highest BCUT2D eigenvalue weighted by atomic mass is 15.5. The van der Waals surface area contributed by atoms with Gasteiger partial charge in [-0.15, -0.1) is 5.10 Å². The van der Waals surface area contributed by atoms with E-state index in [1.54, 1.807) is 0 Å². The molecule has 1 aromatic carbocycles. The fourth-order valence-electron chi connectivity index (χ4n) is 1.90. The molecule has 0 saturated carbocycles. The SMILES string of the molecule is CCCC(C)n1nnnc1-c1cccc(N)c1. The summed E-state index contributed by atoms with van der Waals surface area (Å²) in [6, 6.07) is 7.92. The van der Waals surface area contributed by atoms with Gasteiger partial charge in [-0.05, 0) is 35.9 Å². The summed E-state index contributed by atoms with van der Waals surface area (Å²) in [5.41, 5.74) is 7.45. The van der Waals surface area contributed by atoms with Gasteiger partial charge in [0.25, 0.3) is 0 Å². The van der Waals surface area contributed by atoms with Crippen molar-refractivity contribution in [3.05, 3.63) is 24.3 Å². The molecule has 0 amide bonds. The Morgan fingerprint density at radius 3 is 2.94 bits per heavy atom. The highest BCUT2D eigenvalue weighted by molar-refractivity contribution is 5.60. The van der Waals surface area contributed by atoms with Gasteiger partial charge in [0.2, 0.25) is 0 Å². The third-order valence-electron chi connectivity index (χ3n) is 2.76. The highest BCUT2D eigenvalue weighted by Crippen LogP contribution is 2.22. The van der Waals surface area contributed by atoms with E-state index in [1.807, 2.05) is 28.9 Å². The molecule has 0 bridgehead atoms. The topological polar surface area (TPSA) is 69.6 Å². The normalized spacial score (nSPS) is 12.6. The lowest BCUT2D eigenvalue weighted by molar-refractivity contribution is 0.447. The molecule has 0 radical (unpaired) electrons. The van der Waals surface area contributed by atoms with E-state index in [9.17, 15) is 0 Å². The van der Waals surface area contributed by atoms with Gasteiger partial charge in [-0.1, -0.05) is 25.5 Å². The van der Waals surface area contributed by atoms with Crippen LogP contribution in [-0.4, -0.2) is 20.2 Å². The molecule has 0 fully saturated rings. The van der Waals surface area contributed by atoms with E-state index >= 15 is 0 Å². The number of hydrogen-bond acceptors (Lipinski definition) is 4. The van der Waals surface area contributed by atoms with Gasteiger partial charge in [0.1, 0.15) is 0 Å². The number of nitrogens with two attached hydrogens (primary N) is 1. The van der Waals surface area contributed by atoms with Crippen LogP contribution in [0.15, 0.2) is 24.3 Å². The number of nitrogen functional groups attached to an aromatic ring is 1. The summed E-state index contributed by atoms with van der Waals surface area (Å²) in [6.07, 6.45) is 2.16. The van der Waals surface area contributed by atoms with E-state index < -0.39 is 0 Å². The molecule has 0 saturated heterocycles. The Morgan fingerprint density at radius 1 is 1.41 bits per heavy atom. The second kappa shape index (κ2) is 4.95. The molecule has 5 nitrogen and oxygen atoms in total. The van der Waals surface area contributed by atoms with Crippen LogP contribution in [0.4, 0.5) is 5.69 Å². The summed E-state index contributed by atoms with van der Waals surface area (Å²) in [6.45, 7) is 4.27. The molecular weight excluding hydrogens is 214 g/mol. The summed E-state index contributed by atoms with van der Waals surface area (Å²) in [5.74, 6) is 0.776. The molecule has 0 aliphatic heterocycles. The molecule has 1 aromatic heterocycles. The van der Waals surface area contributed by atoms with E-state index in [2.05, 4.69) is 29.4 Å². The van der Waals surface area contributed by atoms with Crippen molar-refractivity contribution in [3.8, 4) is 11.4 Å². The van der Waals surface area contributed by atoms with Crippen molar-refractivity contribution in [1.82, 2.24) is 20.2 Å². The predicted molar refractivity (Wildman–Crippen MR) is 67.3 cm³/mol. The first-order chi connectivity index (χ1) is 8.22. The van der Waals surface area contributed by atoms with Crippen molar-refractivity contribution in [3.63, 3.8) is 0 Å². The van der Waals surface area contributed by atoms with Gasteiger partial charge >= 0.3 is 0 Å². The molecule has 1 heterocycles. The van der Waals surface area contributed by atoms with E-state index in [1.165, 1.54) is 0 Å². The van der Waals surface area contributed by atoms with Crippen molar-refractivity contribution < 1.29 is 0 Å². The smallest absolute Gasteiger partial charge is 0.182 e.